The fourth-order valence-corrected chi connectivity index (χ4v) is 2.85. The van der Waals surface area contributed by atoms with E-state index in [0.717, 1.165) is 5.56 Å². The zero-order valence-corrected chi connectivity index (χ0v) is 15.5. The van der Waals surface area contributed by atoms with Crippen molar-refractivity contribution in [3.63, 3.8) is 0 Å². The van der Waals surface area contributed by atoms with Crippen LogP contribution in [0.5, 0.6) is 0 Å². The minimum atomic E-state index is -0.952. The molecule has 2 N–H and O–H groups in total. The van der Waals surface area contributed by atoms with E-state index in [2.05, 4.69) is 15.4 Å². The Bertz CT molecular complexity index is 982. The monoisotopic (exact) mass is 366 g/mol. The highest BCUT2D eigenvalue weighted by Crippen LogP contribution is 2.25. The first kappa shape index (κ1) is 18.6. The molecule has 2 aromatic heterocycles. The Morgan fingerprint density at radius 1 is 1.22 bits per heavy atom. The molecule has 1 aromatic carbocycles. The van der Waals surface area contributed by atoms with E-state index >= 15 is 0 Å². The second-order valence-electron chi connectivity index (χ2n) is 6.51. The van der Waals surface area contributed by atoms with E-state index in [1.54, 1.807) is 30.8 Å². The Balaban J connectivity index is 2.07. The molecule has 0 saturated carbocycles. The van der Waals surface area contributed by atoms with Crippen LogP contribution in [0.2, 0.25) is 0 Å². The summed E-state index contributed by atoms with van der Waals surface area (Å²) in [6, 6.07) is 10.8. The summed E-state index contributed by atoms with van der Waals surface area (Å²) in [4.78, 5) is 28.8. The fraction of sp³-hybridized carbons (Fsp3) is 0.300. The first-order valence-electron chi connectivity index (χ1n) is 8.88. The van der Waals surface area contributed by atoms with Crippen LogP contribution in [0.25, 0.3) is 22.3 Å². The van der Waals surface area contributed by atoms with Crippen molar-refractivity contribution in [2.45, 2.75) is 33.4 Å². The number of carboxylic acid groups (broad SMARTS) is 1. The number of benzene rings is 1. The first-order valence-corrected chi connectivity index (χ1v) is 8.88. The third kappa shape index (κ3) is 3.67. The topological polar surface area (TPSA) is 97.1 Å². The van der Waals surface area contributed by atoms with Crippen molar-refractivity contribution in [3.8, 4) is 11.3 Å². The molecule has 3 aromatic rings. The van der Waals surface area contributed by atoms with Gasteiger partial charge in [-0.15, -0.1) is 0 Å². The quantitative estimate of drug-likeness (QED) is 0.699. The smallest absolute Gasteiger partial charge is 0.308 e. The summed E-state index contributed by atoms with van der Waals surface area (Å²) in [5.41, 5.74) is 2.62. The van der Waals surface area contributed by atoms with Gasteiger partial charge in [0.05, 0.1) is 28.8 Å². The highest BCUT2D eigenvalue weighted by atomic mass is 16.4. The molecule has 1 amide bonds. The third-order valence-electron chi connectivity index (χ3n) is 4.72. The number of carbonyl (C=O) groups is 2. The molecule has 0 spiro atoms. The predicted octanol–water partition coefficient (Wildman–Crippen LogP) is 2.96. The van der Waals surface area contributed by atoms with Crippen molar-refractivity contribution in [1.29, 1.82) is 0 Å². The highest BCUT2D eigenvalue weighted by Gasteiger charge is 2.23. The zero-order valence-electron chi connectivity index (χ0n) is 15.5. The minimum Gasteiger partial charge on any atom is -0.481 e. The lowest BCUT2D eigenvalue weighted by atomic mass is 10.0. The van der Waals surface area contributed by atoms with Gasteiger partial charge in [-0.25, -0.2) is 9.67 Å². The molecule has 2 unspecified atom stereocenters. The van der Waals surface area contributed by atoms with Gasteiger partial charge in [0.1, 0.15) is 0 Å². The van der Waals surface area contributed by atoms with Crippen LogP contribution in [0.3, 0.4) is 0 Å². The van der Waals surface area contributed by atoms with E-state index in [9.17, 15) is 9.59 Å². The van der Waals surface area contributed by atoms with Crippen LogP contribution < -0.4 is 5.32 Å². The largest absolute Gasteiger partial charge is 0.481 e. The molecular formula is C20H22N4O3. The van der Waals surface area contributed by atoms with Gasteiger partial charge < -0.3 is 10.4 Å². The third-order valence-corrected chi connectivity index (χ3v) is 4.72. The van der Waals surface area contributed by atoms with Crippen LogP contribution in [0.15, 0.2) is 42.6 Å². The second-order valence-corrected chi connectivity index (χ2v) is 6.51. The van der Waals surface area contributed by atoms with Crippen LogP contribution in [-0.4, -0.2) is 37.8 Å². The average Bonchev–Trinajstić information content (AvgIpc) is 3.10. The van der Waals surface area contributed by atoms with Crippen LogP contribution in [0.1, 0.15) is 31.1 Å². The molecule has 0 aliphatic rings. The van der Waals surface area contributed by atoms with E-state index < -0.39 is 17.9 Å². The molecule has 3 rings (SSSR count). The standard InChI is InChI=1S/C20H22N4O3/c1-4-24-18-16(11-21-24)15(19(25)22-13(3)12(2)20(26)27)10-17(23-18)14-8-6-5-7-9-14/h5-13H,4H2,1-3H3,(H,22,25)(H,26,27). The molecule has 0 fully saturated rings. The van der Waals surface area contributed by atoms with Crippen molar-refractivity contribution in [2.24, 2.45) is 5.92 Å². The number of carboxylic acids is 1. The maximum atomic E-state index is 12.9. The lowest BCUT2D eigenvalue weighted by molar-refractivity contribution is -0.141. The van der Waals surface area contributed by atoms with Gasteiger partial charge in [0.2, 0.25) is 0 Å². The van der Waals surface area contributed by atoms with Crippen LogP contribution in [0, 0.1) is 5.92 Å². The number of hydrogen-bond donors (Lipinski definition) is 2. The Kier molecular flexibility index (Phi) is 5.21. The van der Waals surface area contributed by atoms with Gasteiger partial charge in [-0.2, -0.15) is 5.10 Å². The van der Waals surface area contributed by atoms with Crippen molar-refractivity contribution in [2.75, 3.05) is 0 Å². The van der Waals surface area contributed by atoms with Crippen molar-refractivity contribution < 1.29 is 14.7 Å². The predicted molar refractivity (Wildman–Crippen MR) is 102 cm³/mol. The maximum Gasteiger partial charge on any atom is 0.308 e. The Morgan fingerprint density at radius 2 is 1.93 bits per heavy atom. The van der Waals surface area contributed by atoms with E-state index in [1.165, 1.54) is 0 Å². The number of nitrogens with one attached hydrogen (secondary N) is 1. The van der Waals surface area contributed by atoms with Gasteiger partial charge in [0, 0.05) is 18.2 Å². The Hall–Kier alpha value is -3.22. The maximum absolute atomic E-state index is 12.9. The number of amides is 1. The number of nitrogens with zero attached hydrogens (tertiary/aromatic N) is 3. The van der Waals surface area contributed by atoms with Crippen LogP contribution in [0.4, 0.5) is 0 Å². The van der Waals surface area contributed by atoms with Gasteiger partial charge in [-0.3, -0.25) is 9.59 Å². The second kappa shape index (κ2) is 7.57. The molecule has 140 valence electrons. The molecule has 2 atom stereocenters. The molecule has 0 aliphatic heterocycles. The van der Waals surface area contributed by atoms with E-state index in [1.807, 2.05) is 37.3 Å². The number of rotatable bonds is 6. The summed E-state index contributed by atoms with van der Waals surface area (Å²) in [5.74, 6) is -1.99. The molecule has 0 radical (unpaired) electrons. The number of fused-ring (bicyclic) bond motifs is 1. The summed E-state index contributed by atoms with van der Waals surface area (Å²) in [6.45, 7) is 5.84. The van der Waals surface area contributed by atoms with Crippen LogP contribution >= 0.6 is 0 Å². The number of carbonyl (C=O) groups excluding carboxylic acids is 1. The highest BCUT2D eigenvalue weighted by molar-refractivity contribution is 6.06. The summed E-state index contributed by atoms with van der Waals surface area (Å²) in [6.07, 6.45) is 1.63. The van der Waals surface area contributed by atoms with Crippen molar-refractivity contribution in [3.05, 3.63) is 48.2 Å². The van der Waals surface area contributed by atoms with Gasteiger partial charge in [0.15, 0.2) is 5.65 Å². The molecule has 0 aliphatic carbocycles. The Morgan fingerprint density at radius 3 is 2.56 bits per heavy atom. The number of aliphatic carboxylic acids is 1. The lowest BCUT2D eigenvalue weighted by Gasteiger charge is -2.18. The van der Waals surface area contributed by atoms with E-state index in [4.69, 9.17) is 5.11 Å². The summed E-state index contributed by atoms with van der Waals surface area (Å²) in [7, 11) is 0. The average molecular weight is 366 g/mol. The molecule has 2 heterocycles. The SMILES string of the molecule is CCn1ncc2c(C(=O)NC(C)C(C)C(=O)O)cc(-c3ccccc3)nc21. The van der Waals surface area contributed by atoms with Gasteiger partial charge in [-0.1, -0.05) is 30.3 Å². The first-order chi connectivity index (χ1) is 12.9. The normalized spacial score (nSPS) is 13.3. The molecular weight excluding hydrogens is 344 g/mol. The zero-order chi connectivity index (χ0) is 19.6. The lowest BCUT2D eigenvalue weighted by Crippen LogP contribution is -2.40. The van der Waals surface area contributed by atoms with Crippen LogP contribution in [-0.2, 0) is 11.3 Å². The summed E-state index contributed by atoms with van der Waals surface area (Å²) < 4.78 is 1.74. The number of hydrogen-bond acceptors (Lipinski definition) is 4. The number of aromatic nitrogens is 3. The number of pyridine rings is 1. The summed E-state index contributed by atoms with van der Waals surface area (Å²) >= 11 is 0. The van der Waals surface area contributed by atoms with E-state index in [0.29, 0.717) is 28.8 Å². The minimum absolute atomic E-state index is 0.337. The van der Waals surface area contributed by atoms with Crippen molar-refractivity contribution >= 4 is 22.9 Å². The molecule has 7 nitrogen and oxygen atoms in total. The van der Waals surface area contributed by atoms with Gasteiger partial charge in [0.25, 0.3) is 5.91 Å². The van der Waals surface area contributed by atoms with Gasteiger partial charge in [-0.05, 0) is 26.8 Å². The molecule has 7 heteroatoms. The van der Waals surface area contributed by atoms with Gasteiger partial charge >= 0.3 is 5.97 Å². The van der Waals surface area contributed by atoms with E-state index in [-0.39, 0.29) is 5.91 Å². The van der Waals surface area contributed by atoms with Crippen molar-refractivity contribution in [1.82, 2.24) is 20.1 Å². The Labute approximate surface area is 157 Å². The fourth-order valence-electron chi connectivity index (χ4n) is 2.85. The molecule has 0 bridgehead atoms. The summed E-state index contributed by atoms with van der Waals surface area (Å²) in [5, 5.41) is 16.9. The molecule has 0 saturated heterocycles. The molecule has 27 heavy (non-hydrogen) atoms. The number of aryl methyl sites for hydroxylation is 1.